The fourth-order valence-electron chi connectivity index (χ4n) is 2.24. The summed E-state index contributed by atoms with van der Waals surface area (Å²) in [7, 11) is 0. The Morgan fingerprint density at radius 2 is 1.91 bits per heavy atom. The van der Waals surface area contributed by atoms with Gasteiger partial charge in [0.05, 0.1) is 17.6 Å². The van der Waals surface area contributed by atoms with Crippen LogP contribution in [0.3, 0.4) is 0 Å². The van der Waals surface area contributed by atoms with Crippen LogP contribution in [0.5, 0.6) is 0 Å². The van der Waals surface area contributed by atoms with Gasteiger partial charge in [-0.1, -0.05) is 45.0 Å². The molecule has 2 aromatic rings. The highest BCUT2D eigenvalue weighted by molar-refractivity contribution is 5.75. The minimum atomic E-state index is -0.0762. The zero-order valence-electron chi connectivity index (χ0n) is 14.0. The van der Waals surface area contributed by atoms with Crippen LogP contribution in [0, 0.1) is 6.92 Å². The second-order valence-corrected chi connectivity index (χ2v) is 6.59. The molecule has 0 aliphatic heterocycles. The maximum Gasteiger partial charge on any atom is 0.134 e. The van der Waals surface area contributed by atoms with Crippen LogP contribution in [0.15, 0.2) is 30.5 Å². The van der Waals surface area contributed by atoms with E-state index >= 15 is 0 Å². The second-order valence-electron chi connectivity index (χ2n) is 6.59. The molecule has 2 rings (SSSR count). The van der Waals surface area contributed by atoms with Gasteiger partial charge in [-0.05, 0) is 25.5 Å². The highest BCUT2D eigenvalue weighted by Gasteiger charge is 2.20. The number of nitrogens with one attached hydrogen (secondary N) is 1. The third-order valence-electron chi connectivity index (χ3n) is 3.56. The summed E-state index contributed by atoms with van der Waals surface area (Å²) < 4.78 is 0. The van der Waals surface area contributed by atoms with Gasteiger partial charge in [0.2, 0.25) is 0 Å². The summed E-state index contributed by atoms with van der Waals surface area (Å²) in [5.74, 6) is 0.857. The summed E-state index contributed by atoms with van der Waals surface area (Å²) >= 11 is 0. The van der Waals surface area contributed by atoms with E-state index in [0.29, 0.717) is 6.54 Å². The van der Waals surface area contributed by atoms with Gasteiger partial charge in [0.25, 0.3) is 0 Å². The van der Waals surface area contributed by atoms with Gasteiger partial charge in [-0.2, -0.15) is 0 Å². The monoisotopic (exact) mass is 298 g/mol. The Morgan fingerprint density at radius 3 is 2.55 bits per heavy atom. The van der Waals surface area contributed by atoms with Crippen molar-refractivity contribution in [1.29, 1.82) is 0 Å². The molecular weight excluding hydrogens is 272 g/mol. The van der Waals surface area contributed by atoms with E-state index < -0.39 is 0 Å². The van der Waals surface area contributed by atoms with E-state index in [-0.39, 0.29) is 5.41 Å². The molecule has 1 aromatic carbocycles. The minimum Gasteiger partial charge on any atom is -0.382 e. The van der Waals surface area contributed by atoms with Gasteiger partial charge < -0.3 is 11.1 Å². The number of anilines is 1. The third-order valence-corrected chi connectivity index (χ3v) is 3.56. The molecule has 4 nitrogen and oxygen atoms in total. The van der Waals surface area contributed by atoms with Gasteiger partial charge in [-0.25, -0.2) is 9.97 Å². The summed E-state index contributed by atoms with van der Waals surface area (Å²) in [5.41, 5.74) is 9.79. The van der Waals surface area contributed by atoms with Gasteiger partial charge in [0, 0.05) is 17.5 Å². The van der Waals surface area contributed by atoms with Crippen LogP contribution < -0.4 is 11.1 Å². The highest BCUT2D eigenvalue weighted by Crippen LogP contribution is 2.30. The highest BCUT2D eigenvalue weighted by atomic mass is 15.0. The van der Waals surface area contributed by atoms with Gasteiger partial charge in [0.1, 0.15) is 5.82 Å². The molecule has 1 aromatic heterocycles. The Morgan fingerprint density at radius 1 is 1.18 bits per heavy atom. The van der Waals surface area contributed by atoms with E-state index in [9.17, 15) is 0 Å². The quantitative estimate of drug-likeness (QED) is 0.829. The molecule has 22 heavy (non-hydrogen) atoms. The molecule has 0 bridgehead atoms. The van der Waals surface area contributed by atoms with E-state index in [0.717, 1.165) is 35.7 Å². The molecule has 1 heterocycles. The molecule has 0 aliphatic rings. The molecular formula is C18H26N4. The smallest absolute Gasteiger partial charge is 0.134 e. The molecule has 0 unspecified atom stereocenters. The zero-order valence-corrected chi connectivity index (χ0v) is 14.0. The van der Waals surface area contributed by atoms with Crippen LogP contribution in [-0.4, -0.2) is 23.1 Å². The minimum absolute atomic E-state index is 0.0762. The summed E-state index contributed by atoms with van der Waals surface area (Å²) in [6, 6.07) is 8.31. The van der Waals surface area contributed by atoms with Crippen molar-refractivity contribution in [3.8, 4) is 11.3 Å². The predicted octanol–water partition coefficient (Wildman–Crippen LogP) is 3.51. The lowest BCUT2D eigenvalue weighted by molar-refractivity contribution is 0.546. The number of nitrogens with two attached hydrogens (primary N) is 1. The Hall–Kier alpha value is -1.94. The number of hydrogen-bond acceptors (Lipinski definition) is 4. The average Bonchev–Trinajstić information content (AvgIpc) is 2.47. The average molecular weight is 298 g/mol. The Balaban J connectivity index is 2.48. The summed E-state index contributed by atoms with van der Waals surface area (Å²) in [5, 5.41) is 3.41. The van der Waals surface area contributed by atoms with Gasteiger partial charge in [-0.3, -0.25) is 0 Å². The number of aryl methyl sites for hydroxylation is 1. The summed E-state index contributed by atoms with van der Waals surface area (Å²) in [6.07, 6.45) is 2.82. The zero-order chi connectivity index (χ0) is 16.2. The number of hydrogen-bond donors (Lipinski definition) is 2. The van der Waals surface area contributed by atoms with Crippen molar-refractivity contribution in [3.05, 3.63) is 41.9 Å². The fraction of sp³-hybridized carbons (Fsp3) is 0.444. The van der Waals surface area contributed by atoms with Crippen LogP contribution in [0.4, 0.5) is 5.69 Å². The number of benzene rings is 1. The normalized spacial score (nSPS) is 11.5. The first-order chi connectivity index (χ1) is 10.4. The van der Waals surface area contributed by atoms with Gasteiger partial charge in [0.15, 0.2) is 0 Å². The standard InChI is InChI=1S/C18H26N4/c1-13-8-5-6-9-14(13)16-15(20-11-7-10-19)12-21-17(22-16)18(2,3)4/h5-6,8-9,12,20H,7,10-11,19H2,1-4H3. The molecule has 118 valence electrons. The first kappa shape index (κ1) is 16.4. The van der Waals surface area contributed by atoms with Crippen LogP contribution in [0.2, 0.25) is 0 Å². The topological polar surface area (TPSA) is 63.8 Å². The maximum absolute atomic E-state index is 5.58. The summed E-state index contributed by atoms with van der Waals surface area (Å²) in [6.45, 7) is 10.0. The molecule has 0 saturated heterocycles. The first-order valence-electron chi connectivity index (χ1n) is 7.81. The first-order valence-corrected chi connectivity index (χ1v) is 7.81. The van der Waals surface area contributed by atoms with E-state index in [1.54, 1.807) is 0 Å². The molecule has 0 saturated carbocycles. The van der Waals surface area contributed by atoms with E-state index in [1.807, 2.05) is 18.3 Å². The maximum atomic E-state index is 5.58. The number of rotatable bonds is 5. The lowest BCUT2D eigenvalue weighted by Gasteiger charge is -2.20. The number of nitrogens with zero attached hydrogens (tertiary/aromatic N) is 2. The Labute approximate surface area is 133 Å². The van der Waals surface area contributed by atoms with Crippen molar-refractivity contribution < 1.29 is 0 Å². The number of aromatic nitrogens is 2. The van der Waals surface area contributed by atoms with Crippen molar-refractivity contribution in [2.75, 3.05) is 18.4 Å². The van der Waals surface area contributed by atoms with Crippen molar-refractivity contribution in [2.24, 2.45) is 5.73 Å². The second kappa shape index (κ2) is 6.88. The van der Waals surface area contributed by atoms with Gasteiger partial charge in [-0.15, -0.1) is 0 Å². The van der Waals surface area contributed by atoms with Crippen LogP contribution in [-0.2, 0) is 5.41 Å². The molecule has 3 N–H and O–H groups in total. The van der Waals surface area contributed by atoms with E-state index in [4.69, 9.17) is 10.7 Å². The molecule has 0 radical (unpaired) electrons. The van der Waals surface area contributed by atoms with Crippen LogP contribution >= 0.6 is 0 Å². The SMILES string of the molecule is Cc1ccccc1-c1nc(C(C)(C)C)ncc1NCCCN. The van der Waals surface area contributed by atoms with Crippen molar-refractivity contribution in [2.45, 2.75) is 39.5 Å². The summed E-state index contributed by atoms with van der Waals surface area (Å²) in [4.78, 5) is 9.39. The van der Waals surface area contributed by atoms with Crippen LogP contribution in [0.1, 0.15) is 38.6 Å². The molecule has 0 fully saturated rings. The Bertz CT molecular complexity index is 629. The van der Waals surface area contributed by atoms with Crippen LogP contribution in [0.25, 0.3) is 11.3 Å². The lowest BCUT2D eigenvalue weighted by Crippen LogP contribution is -2.18. The van der Waals surface area contributed by atoms with Gasteiger partial charge >= 0.3 is 0 Å². The molecule has 0 aliphatic carbocycles. The lowest BCUT2D eigenvalue weighted by atomic mass is 9.95. The molecule has 4 heteroatoms. The third kappa shape index (κ3) is 3.83. The van der Waals surface area contributed by atoms with Crippen molar-refractivity contribution >= 4 is 5.69 Å². The Kier molecular flexibility index (Phi) is 5.14. The molecule has 0 atom stereocenters. The molecule has 0 spiro atoms. The predicted molar refractivity (Wildman–Crippen MR) is 93.1 cm³/mol. The molecule has 0 amide bonds. The van der Waals surface area contributed by atoms with E-state index in [1.165, 1.54) is 5.56 Å². The largest absolute Gasteiger partial charge is 0.382 e. The van der Waals surface area contributed by atoms with Crippen molar-refractivity contribution in [3.63, 3.8) is 0 Å². The fourth-order valence-corrected chi connectivity index (χ4v) is 2.24. The van der Waals surface area contributed by atoms with E-state index in [2.05, 4.69) is 50.1 Å². The van der Waals surface area contributed by atoms with Crippen molar-refractivity contribution in [1.82, 2.24) is 9.97 Å².